The zero-order valence-electron chi connectivity index (χ0n) is 10.3. The summed E-state index contributed by atoms with van der Waals surface area (Å²) in [6, 6.07) is 0. The molecule has 0 atom stereocenters. The number of aryl methyl sites for hydroxylation is 1. The number of aromatic nitrogens is 2. The average Bonchev–Trinajstić information content (AvgIpc) is 2.97. The van der Waals surface area contributed by atoms with Crippen molar-refractivity contribution in [2.75, 3.05) is 12.0 Å². The normalized spacial score (nSPS) is 17.7. The van der Waals surface area contributed by atoms with Crippen LogP contribution in [0, 0.1) is 12.3 Å². The average molecular weight is 335 g/mol. The van der Waals surface area contributed by atoms with Crippen molar-refractivity contribution in [2.45, 2.75) is 26.3 Å². The first-order chi connectivity index (χ1) is 8.22. The molecule has 0 aromatic carbocycles. The van der Waals surface area contributed by atoms with Gasteiger partial charge in [-0.15, -0.1) is 0 Å². The number of hydrogen-bond acceptors (Lipinski definition) is 4. The van der Waals surface area contributed by atoms with Gasteiger partial charge in [-0.2, -0.15) is 0 Å². The van der Waals surface area contributed by atoms with Gasteiger partial charge in [-0.25, -0.2) is 13.4 Å². The van der Waals surface area contributed by atoms with Crippen molar-refractivity contribution in [1.82, 2.24) is 9.55 Å². The summed E-state index contributed by atoms with van der Waals surface area (Å²) in [5, 5.41) is 0. The monoisotopic (exact) mass is 334 g/mol. The lowest BCUT2D eigenvalue weighted by Crippen LogP contribution is -2.29. The van der Waals surface area contributed by atoms with Crippen LogP contribution in [0.2, 0.25) is 0 Å². The molecule has 0 radical (unpaired) electrons. The topological polar surface area (TPSA) is 69.0 Å². The minimum Gasteiger partial charge on any atom is -0.298 e. The molecule has 0 unspecified atom stereocenters. The first-order valence-corrected chi connectivity index (χ1v) is 8.47. The lowest BCUT2D eigenvalue weighted by molar-refractivity contribution is 0.446. The second-order valence-electron chi connectivity index (χ2n) is 5.15. The minimum atomic E-state index is -3.02. The van der Waals surface area contributed by atoms with E-state index in [1.54, 1.807) is 6.92 Å². The quantitative estimate of drug-likeness (QED) is 0.827. The molecule has 1 heterocycles. The molecule has 1 fully saturated rings. The molecule has 0 amide bonds. The van der Waals surface area contributed by atoms with Gasteiger partial charge in [-0.1, -0.05) is 0 Å². The van der Waals surface area contributed by atoms with Crippen molar-refractivity contribution in [3.8, 4) is 0 Å². The van der Waals surface area contributed by atoms with E-state index in [1.165, 1.54) is 17.2 Å². The lowest BCUT2D eigenvalue weighted by Gasteiger charge is -2.15. The minimum absolute atomic E-state index is 0.137. The Bertz CT molecular complexity index is 632. The third kappa shape index (κ3) is 3.00. The summed E-state index contributed by atoms with van der Waals surface area (Å²) >= 11 is 3.21. The molecule has 2 rings (SSSR count). The van der Waals surface area contributed by atoms with Crippen LogP contribution in [0.5, 0.6) is 0 Å². The molecule has 1 aliphatic carbocycles. The molecule has 7 heteroatoms. The van der Waals surface area contributed by atoms with Gasteiger partial charge in [0.2, 0.25) is 0 Å². The van der Waals surface area contributed by atoms with E-state index in [2.05, 4.69) is 20.9 Å². The van der Waals surface area contributed by atoms with Gasteiger partial charge in [0, 0.05) is 18.2 Å². The van der Waals surface area contributed by atoms with Crippen LogP contribution in [0.25, 0.3) is 0 Å². The molecule has 0 N–H and O–H groups in total. The van der Waals surface area contributed by atoms with E-state index in [-0.39, 0.29) is 16.7 Å². The molecule has 18 heavy (non-hydrogen) atoms. The molecule has 5 nitrogen and oxygen atoms in total. The third-order valence-electron chi connectivity index (χ3n) is 3.19. The van der Waals surface area contributed by atoms with E-state index in [4.69, 9.17) is 0 Å². The maximum absolute atomic E-state index is 12.0. The van der Waals surface area contributed by atoms with Gasteiger partial charge in [-0.05, 0) is 35.7 Å². The number of rotatable bonds is 4. The van der Waals surface area contributed by atoms with Gasteiger partial charge in [-0.3, -0.25) is 9.36 Å². The maximum Gasteiger partial charge on any atom is 0.267 e. The highest BCUT2D eigenvalue weighted by Crippen LogP contribution is 2.47. The molecule has 0 spiro atoms. The Morgan fingerprint density at radius 3 is 2.61 bits per heavy atom. The van der Waals surface area contributed by atoms with Crippen LogP contribution in [0.4, 0.5) is 0 Å². The third-order valence-corrected chi connectivity index (χ3v) is 5.24. The first kappa shape index (κ1) is 13.7. The van der Waals surface area contributed by atoms with Gasteiger partial charge >= 0.3 is 0 Å². The summed E-state index contributed by atoms with van der Waals surface area (Å²) in [6.07, 6.45) is 4.42. The first-order valence-electron chi connectivity index (χ1n) is 5.62. The van der Waals surface area contributed by atoms with Crippen LogP contribution in [0.15, 0.2) is 15.6 Å². The molecular weight excluding hydrogens is 320 g/mol. The Labute approximate surface area is 114 Å². The van der Waals surface area contributed by atoms with Crippen molar-refractivity contribution in [2.24, 2.45) is 5.41 Å². The molecule has 1 aromatic heterocycles. The fourth-order valence-electron chi connectivity index (χ4n) is 2.10. The van der Waals surface area contributed by atoms with Crippen molar-refractivity contribution in [3.05, 3.63) is 26.8 Å². The van der Waals surface area contributed by atoms with E-state index in [0.717, 1.165) is 12.8 Å². The number of halogens is 1. The Balaban J connectivity index is 2.26. The molecule has 0 aliphatic heterocycles. The van der Waals surface area contributed by atoms with E-state index >= 15 is 0 Å². The van der Waals surface area contributed by atoms with Crippen LogP contribution < -0.4 is 5.56 Å². The van der Waals surface area contributed by atoms with E-state index < -0.39 is 9.84 Å². The summed E-state index contributed by atoms with van der Waals surface area (Å²) in [5.41, 5.74) is 0.222. The predicted octanol–water partition coefficient (Wildman–Crippen LogP) is 1.14. The predicted molar refractivity (Wildman–Crippen MR) is 72.3 cm³/mol. The van der Waals surface area contributed by atoms with Gasteiger partial charge in [0.25, 0.3) is 5.56 Å². The Hall–Kier alpha value is -0.690. The van der Waals surface area contributed by atoms with E-state index in [1.807, 2.05) is 0 Å². The summed E-state index contributed by atoms with van der Waals surface area (Å²) < 4.78 is 24.7. The molecule has 1 saturated carbocycles. The van der Waals surface area contributed by atoms with Gasteiger partial charge in [0.05, 0.1) is 17.8 Å². The molecule has 1 aliphatic rings. The van der Waals surface area contributed by atoms with Crippen LogP contribution >= 0.6 is 15.9 Å². The summed E-state index contributed by atoms with van der Waals surface area (Å²) in [5.74, 6) is 0.137. The highest BCUT2D eigenvalue weighted by molar-refractivity contribution is 9.10. The van der Waals surface area contributed by atoms with Crippen LogP contribution in [0.3, 0.4) is 0 Å². The summed E-state index contributed by atoms with van der Waals surface area (Å²) in [6.45, 7) is 2.17. The number of hydrogen-bond donors (Lipinski definition) is 0. The van der Waals surface area contributed by atoms with E-state index in [0.29, 0.717) is 16.7 Å². The molecule has 0 saturated heterocycles. The molecular formula is C11H15BrN2O3S. The van der Waals surface area contributed by atoms with E-state index in [9.17, 15) is 13.2 Å². The fraction of sp³-hybridized carbons (Fsp3) is 0.636. The van der Waals surface area contributed by atoms with Crippen LogP contribution in [0.1, 0.15) is 18.5 Å². The van der Waals surface area contributed by atoms with Gasteiger partial charge in [0.1, 0.15) is 14.3 Å². The van der Waals surface area contributed by atoms with Gasteiger partial charge < -0.3 is 0 Å². The SMILES string of the molecule is Cc1ncn(CC2(CS(C)(=O)=O)CC2)c(=O)c1Br. The molecule has 100 valence electrons. The van der Waals surface area contributed by atoms with Crippen LogP contribution in [-0.2, 0) is 16.4 Å². The fourth-order valence-corrected chi connectivity index (χ4v) is 3.92. The second-order valence-corrected chi connectivity index (χ2v) is 8.08. The number of nitrogens with zero attached hydrogens (tertiary/aromatic N) is 2. The summed E-state index contributed by atoms with van der Waals surface area (Å²) in [7, 11) is -3.02. The largest absolute Gasteiger partial charge is 0.298 e. The second kappa shape index (κ2) is 4.45. The zero-order valence-corrected chi connectivity index (χ0v) is 12.7. The lowest BCUT2D eigenvalue weighted by atomic mass is 10.1. The highest BCUT2D eigenvalue weighted by atomic mass is 79.9. The van der Waals surface area contributed by atoms with Crippen molar-refractivity contribution < 1.29 is 8.42 Å². The molecule has 0 bridgehead atoms. The smallest absolute Gasteiger partial charge is 0.267 e. The highest BCUT2D eigenvalue weighted by Gasteiger charge is 2.45. The summed E-state index contributed by atoms with van der Waals surface area (Å²) in [4.78, 5) is 16.1. The maximum atomic E-state index is 12.0. The van der Waals surface area contributed by atoms with Crippen molar-refractivity contribution >= 4 is 25.8 Å². The van der Waals surface area contributed by atoms with Crippen molar-refractivity contribution in [1.29, 1.82) is 0 Å². The van der Waals surface area contributed by atoms with Gasteiger partial charge in [0.15, 0.2) is 0 Å². The number of sulfone groups is 1. The van der Waals surface area contributed by atoms with Crippen molar-refractivity contribution in [3.63, 3.8) is 0 Å². The Morgan fingerprint density at radius 1 is 1.50 bits per heavy atom. The Morgan fingerprint density at radius 2 is 2.11 bits per heavy atom. The molecule has 1 aromatic rings. The standard InChI is InChI=1S/C11H15BrN2O3S/c1-8-9(12)10(15)14(7-13-8)5-11(3-4-11)6-18(2,16)17/h7H,3-6H2,1-2H3. The Kier molecular flexibility index (Phi) is 3.40. The van der Waals surface area contributed by atoms with Crippen LogP contribution in [-0.4, -0.2) is 30.0 Å². The zero-order chi connectivity index (χ0) is 13.6.